The van der Waals surface area contributed by atoms with Gasteiger partial charge in [-0.1, -0.05) is 35.9 Å². The number of para-hydroxylation sites is 1. The first-order chi connectivity index (χ1) is 12.1. The molecule has 0 saturated heterocycles. The zero-order valence-electron chi connectivity index (χ0n) is 14.4. The average molecular weight is 330 g/mol. The molecule has 0 aliphatic heterocycles. The van der Waals surface area contributed by atoms with Crippen molar-refractivity contribution in [3.63, 3.8) is 0 Å². The highest BCUT2D eigenvalue weighted by Crippen LogP contribution is 2.19. The summed E-state index contributed by atoms with van der Waals surface area (Å²) in [6.07, 6.45) is 1.71. The molecule has 0 atom stereocenters. The molecular formula is C20H18N4O. The van der Waals surface area contributed by atoms with Crippen molar-refractivity contribution in [3.8, 4) is 11.4 Å². The average Bonchev–Trinajstić information content (AvgIpc) is 3.05. The number of fused-ring (bicyclic) bond motifs is 1. The fraction of sp³-hybridized carbons (Fsp3) is 0.150. The predicted molar refractivity (Wildman–Crippen MR) is 98.7 cm³/mol. The minimum Gasteiger partial charge on any atom is -0.265 e. The summed E-state index contributed by atoms with van der Waals surface area (Å²) >= 11 is 0. The molecule has 0 aliphatic rings. The van der Waals surface area contributed by atoms with Crippen LogP contribution in [-0.2, 0) is 0 Å². The lowest BCUT2D eigenvalue weighted by molar-refractivity contribution is 0.785. The van der Waals surface area contributed by atoms with Crippen molar-refractivity contribution < 1.29 is 0 Å². The minimum absolute atomic E-state index is 0.172. The highest BCUT2D eigenvalue weighted by atomic mass is 16.1. The first kappa shape index (κ1) is 15.3. The summed E-state index contributed by atoms with van der Waals surface area (Å²) in [5.41, 5.74) is 4.96. The van der Waals surface area contributed by atoms with Gasteiger partial charge in [-0.3, -0.25) is 4.79 Å². The fourth-order valence-corrected chi connectivity index (χ4v) is 3.14. The Bertz CT molecular complexity index is 1140. The molecule has 2 aromatic heterocycles. The van der Waals surface area contributed by atoms with E-state index in [1.807, 2.05) is 63.2 Å². The Labute approximate surface area is 145 Å². The molecule has 25 heavy (non-hydrogen) atoms. The van der Waals surface area contributed by atoms with Gasteiger partial charge in [0.25, 0.3) is 5.56 Å². The van der Waals surface area contributed by atoms with Crippen LogP contribution in [0.15, 0.2) is 59.5 Å². The van der Waals surface area contributed by atoms with Crippen LogP contribution in [0.1, 0.15) is 16.8 Å². The standard InChI is InChI=1S/C20H18N4O/c1-13-9-10-18(14(2)11-13)24-20(25)19-17(15(3)22-24)12-21-23(19)16-7-5-4-6-8-16/h4-12H,1-3H3. The zero-order valence-corrected chi connectivity index (χ0v) is 14.4. The van der Waals surface area contributed by atoms with Crippen LogP contribution in [0.4, 0.5) is 0 Å². The number of nitrogens with zero attached hydrogens (tertiary/aromatic N) is 4. The highest BCUT2D eigenvalue weighted by Gasteiger charge is 2.16. The number of rotatable bonds is 2. The molecule has 4 aromatic rings. The molecule has 0 radical (unpaired) electrons. The molecule has 0 spiro atoms. The number of hydrogen-bond donors (Lipinski definition) is 0. The smallest absolute Gasteiger partial charge is 0.265 e. The third kappa shape index (κ3) is 2.45. The van der Waals surface area contributed by atoms with Gasteiger partial charge in [-0.25, -0.2) is 4.68 Å². The van der Waals surface area contributed by atoms with Crippen LogP contribution in [0.25, 0.3) is 22.3 Å². The molecule has 0 aliphatic carbocycles. The van der Waals surface area contributed by atoms with Crippen LogP contribution in [-0.4, -0.2) is 19.6 Å². The fourth-order valence-electron chi connectivity index (χ4n) is 3.14. The maximum atomic E-state index is 13.2. The summed E-state index contributed by atoms with van der Waals surface area (Å²) in [5, 5.41) is 9.71. The lowest BCUT2D eigenvalue weighted by Gasteiger charge is -2.11. The van der Waals surface area contributed by atoms with Gasteiger partial charge < -0.3 is 0 Å². The summed E-state index contributed by atoms with van der Waals surface area (Å²) in [4.78, 5) is 13.2. The van der Waals surface area contributed by atoms with E-state index in [1.54, 1.807) is 10.9 Å². The summed E-state index contributed by atoms with van der Waals surface area (Å²) < 4.78 is 3.17. The molecule has 0 bridgehead atoms. The first-order valence-corrected chi connectivity index (χ1v) is 8.17. The third-order valence-electron chi connectivity index (χ3n) is 4.39. The number of benzene rings is 2. The molecule has 2 aromatic carbocycles. The van der Waals surface area contributed by atoms with Crippen molar-refractivity contribution in [2.24, 2.45) is 0 Å². The van der Waals surface area contributed by atoms with E-state index in [-0.39, 0.29) is 5.56 Å². The topological polar surface area (TPSA) is 52.7 Å². The normalized spacial score (nSPS) is 11.2. The molecule has 124 valence electrons. The second-order valence-electron chi connectivity index (χ2n) is 6.25. The van der Waals surface area contributed by atoms with E-state index in [0.717, 1.165) is 33.6 Å². The van der Waals surface area contributed by atoms with Crippen molar-refractivity contribution in [1.29, 1.82) is 0 Å². The summed E-state index contributed by atoms with van der Waals surface area (Å²) in [6, 6.07) is 15.6. The van der Waals surface area contributed by atoms with E-state index in [2.05, 4.69) is 16.3 Å². The van der Waals surface area contributed by atoms with Gasteiger partial charge in [-0.15, -0.1) is 0 Å². The molecule has 2 heterocycles. The second kappa shape index (κ2) is 5.70. The Hall–Kier alpha value is -3.21. The second-order valence-corrected chi connectivity index (χ2v) is 6.25. The van der Waals surface area contributed by atoms with E-state index < -0.39 is 0 Å². The van der Waals surface area contributed by atoms with Crippen LogP contribution < -0.4 is 5.56 Å². The maximum Gasteiger partial charge on any atom is 0.298 e. The van der Waals surface area contributed by atoms with E-state index in [9.17, 15) is 4.79 Å². The minimum atomic E-state index is -0.172. The Kier molecular flexibility index (Phi) is 3.50. The lowest BCUT2D eigenvalue weighted by atomic mass is 10.1. The maximum absolute atomic E-state index is 13.2. The van der Waals surface area contributed by atoms with Crippen LogP contribution in [0.3, 0.4) is 0 Å². The molecule has 0 saturated carbocycles. The van der Waals surface area contributed by atoms with E-state index in [1.165, 1.54) is 4.68 Å². The van der Waals surface area contributed by atoms with Gasteiger partial charge in [0.15, 0.2) is 0 Å². The first-order valence-electron chi connectivity index (χ1n) is 8.17. The zero-order chi connectivity index (χ0) is 17.6. The van der Waals surface area contributed by atoms with Crippen molar-refractivity contribution >= 4 is 10.9 Å². The van der Waals surface area contributed by atoms with Crippen molar-refractivity contribution in [3.05, 3.63) is 81.9 Å². The highest BCUT2D eigenvalue weighted by molar-refractivity contribution is 5.81. The van der Waals surface area contributed by atoms with Crippen molar-refractivity contribution in [2.75, 3.05) is 0 Å². The molecule has 5 nitrogen and oxygen atoms in total. The SMILES string of the molecule is Cc1ccc(-n2nc(C)c3cnn(-c4ccccc4)c3c2=O)c(C)c1. The number of aromatic nitrogens is 4. The summed E-state index contributed by atoms with van der Waals surface area (Å²) in [6.45, 7) is 5.93. The number of aryl methyl sites for hydroxylation is 3. The molecular weight excluding hydrogens is 312 g/mol. The van der Waals surface area contributed by atoms with Crippen LogP contribution >= 0.6 is 0 Å². The molecule has 0 amide bonds. The van der Waals surface area contributed by atoms with Gasteiger partial charge in [-0.2, -0.15) is 14.9 Å². The third-order valence-corrected chi connectivity index (χ3v) is 4.39. The molecule has 4 rings (SSSR count). The quantitative estimate of drug-likeness (QED) is 0.565. The predicted octanol–water partition coefficient (Wildman–Crippen LogP) is 3.50. The molecule has 0 unspecified atom stereocenters. The van der Waals surface area contributed by atoms with Gasteiger partial charge in [0.2, 0.25) is 0 Å². The van der Waals surface area contributed by atoms with Gasteiger partial charge in [0.05, 0.1) is 23.3 Å². The lowest BCUT2D eigenvalue weighted by Crippen LogP contribution is -2.24. The van der Waals surface area contributed by atoms with Gasteiger partial charge in [-0.05, 0) is 44.5 Å². The van der Waals surface area contributed by atoms with E-state index >= 15 is 0 Å². The van der Waals surface area contributed by atoms with Crippen LogP contribution in [0.5, 0.6) is 0 Å². The molecule has 0 N–H and O–H groups in total. The van der Waals surface area contributed by atoms with E-state index in [0.29, 0.717) is 5.52 Å². The summed E-state index contributed by atoms with van der Waals surface area (Å²) in [7, 11) is 0. The van der Waals surface area contributed by atoms with Crippen LogP contribution in [0, 0.1) is 20.8 Å². The Morgan fingerprint density at radius 3 is 2.40 bits per heavy atom. The molecule has 0 fully saturated rings. The summed E-state index contributed by atoms with van der Waals surface area (Å²) in [5.74, 6) is 0. The van der Waals surface area contributed by atoms with E-state index in [4.69, 9.17) is 0 Å². The van der Waals surface area contributed by atoms with Gasteiger partial charge >= 0.3 is 0 Å². The Morgan fingerprint density at radius 1 is 0.920 bits per heavy atom. The Morgan fingerprint density at radius 2 is 1.68 bits per heavy atom. The van der Waals surface area contributed by atoms with Crippen molar-refractivity contribution in [2.45, 2.75) is 20.8 Å². The largest absolute Gasteiger partial charge is 0.298 e. The van der Waals surface area contributed by atoms with Gasteiger partial charge in [0, 0.05) is 5.39 Å². The number of hydrogen-bond acceptors (Lipinski definition) is 3. The Balaban J connectivity index is 2.05. The van der Waals surface area contributed by atoms with Crippen molar-refractivity contribution in [1.82, 2.24) is 19.6 Å². The van der Waals surface area contributed by atoms with Gasteiger partial charge in [0.1, 0.15) is 5.52 Å². The monoisotopic (exact) mass is 330 g/mol. The van der Waals surface area contributed by atoms with Crippen LogP contribution in [0.2, 0.25) is 0 Å². The molecule has 5 heteroatoms.